The summed E-state index contributed by atoms with van der Waals surface area (Å²) in [5, 5.41) is 5.65. The van der Waals surface area contributed by atoms with E-state index in [1.165, 1.54) is 0 Å². The molecule has 0 atom stereocenters. The average molecular weight is 396 g/mol. The van der Waals surface area contributed by atoms with Crippen molar-refractivity contribution in [1.29, 1.82) is 0 Å². The Kier molecular flexibility index (Phi) is 7.11. The molecular formula is C23H29N3O3. The standard InChI is InChI=1S/C23H29N3O3/c1-17-12-15-26(16-13-17)22(27)19-5-7-20(8-6-19)25-23(28)24-14-11-18-3-9-21(29-2)10-4-18/h3-10,17H,11-16H2,1-2H3,(H2,24,25,28). The lowest BCUT2D eigenvalue weighted by atomic mass is 9.98. The van der Waals surface area contributed by atoms with Gasteiger partial charge in [-0.2, -0.15) is 0 Å². The number of methoxy groups -OCH3 is 1. The summed E-state index contributed by atoms with van der Waals surface area (Å²) in [7, 11) is 1.64. The van der Waals surface area contributed by atoms with Crippen molar-refractivity contribution in [1.82, 2.24) is 10.2 Å². The van der Waals surface area contributed by atoms with E-state index in [0.717, 1.165) is 43.7 Å². The quantitative estimate of drug-likeness (QED) is 0.778. The van der Waals surface area contributed by atoms with Crippen LogP contribution in [0.5, 0.6) is 5.75 Å². The number of hydrogen-bond acceptors (Lipinski definition) is 3. The van der Waals surface area contributed by atoms with Crippen LogP contribution in [-0.2, 0) is 6.42 Å². The van der Waals surface area contributed by atoms with Gasteiger partial charge >= 0.3 is 6.03 Å². The van der Waals surface area contributed by atoms with Crippen LogP contribution in [0.4, 0.5) is 10.5 Å². The lowest BCUT2D eigenvalue weighted by Crippen LogP contribution is -2.37. The Morgan fingerprint density at radius 3 is 2.31 bits per heavy atom. The maximum atomic E-state index is 12.6. The summed E-state index contributed by atoms with van der Waals surface area (Å²) in [6, 6.07) is 14.6. The summed E-state index contributed by atoms with van der Waals surface area (Å²) in [5.41, 5.74) is 2.45. The Morgan fingerprint density at radius 2 is 1.69 bits per heavy atom. The molecule has 0 unspecified atom stereocenters. The van der Waals surface area contributed by atoms with Gasteiger partial charge < -0.3 is 20.3 Å². The molecule has 2 N–H and O–H groups in total. The fraction of sp³-hybridized carbons (Fsp3) is 0.391. The zero-order chi connectivity index (χ0) is 20.6. The van der Waals surface area contributed by atoms with Gasteiger partial charge in [0, 0.05) is 30.9 Å². The van der Waals surface area contributed by atoms with E-state index in [1.807, 2.05) is 29.2 Å². The van der Waals surface area contributed by atoms with Gasteiger partial charge in [0.25, 0.3) is 5.91 Å². The summed E-state index contributed by atoms with van der Waals surface area (Å²) >= 11 is 0. The third-order valence-electron chi connectivity index (χ3n) is 5.32. The van der Waals surface area contributed by atoms with Gasteiger partial charge in [-0.05, 0) is 67.1 Å². The SMILES string of the molecule is COc1ccc(CCNC(=O)Nc2ccc(C(=O)N3CCC(C)CC3)cc2)cc1. The fourth-order valence-electron chi connectivity index (χ4n) is 3.38. The molecule has 0 bridgehead atoms. The highest BCUT2D eigenvalue weighted by Gasteiger charge is 2.21. The van der Waals surface area contributed by atoms with Gasteiger partial charge in [-0.3, -0.25) is 4.79 Å². The van der Waals surface area contributed by atoms with Gasteiger partial charge in [0.05, 0.1) is 7.11 Å². The summed E-state index contributed by atoms with van der Waals surface area (Å²) in [6.45, 7) is 4.39. The molecule has 3 rings (SSSR count). The molecule has 0 saturated carbocycles. The maximum Gasteiger partial charge on any atom is 0.319 e. The van der Waals surface area contributed by atoms with Crippen LogP contribution in [0, 0.1) is 5.92 Å². The summed E-state index contributed by atoms with van der Waals surface area (Å²) < 4.78 is 5.14. The molecule has 0 aromatic heterocycles. The van der Waals surface area contributed by atoms with Crippen molar-refractivity contribution in [2.75, 3.05) is 32.1 Å². The van der Waals surface area contributed by atoms with Gasteiger partial charge in [-0.15, -0.1) is 0 Å². The highest BCUT2D eigenvalue weighted by atomic mass is 16.5. The highest BCUT2D eigenvalue weighted by molar-refractivity contribution is 5.95. The molecule has 3 amide bonds. The largest absolute Gasteiger partial charge is 0.497 e. The predicted molar refractivity (Wildman–Crippen MR) is 114 cm³/mol. The number of rotatable bonds is 6. The number of likely N-dealkylation sites (tertiary alicyclic amines) is 1. The molecule has 2 aromatic rings. The van der Waals surface area contributed by atoms with Crippen LogP contribution < -0.4 is 15.4 Å². The van der Waals surface area contributed by atoms with Crippen molar-refractivity contribution in [3.8, 4) is 5.75 Å². The molecule has 2 aromatic carbocycles. The van der Waals surface area contributed by atoms with Crippen LogP contribution in [0.2, 0.25) is 0 Å². The monoisotopic (exact) mass is 395 g/mol. The van der Waals surface area contributed by atoms with E-state index in [2.05, 4.69) is 17.6 Å². The number of carbonyl (C=O) groups excluding carboxylic acids is 2. The fourth-order valence-corrected chi connectivity index (χ4v) is 3.38. The summed E-state index contributed by atoms with van der Waals surface area (Å²) in [4.78, 5) is 26.6. The number of amides is 3. The van der Waals surface area contributed by atoms with Crippen LogP contribution in [-0.4, -0.2) is 43.6 Å². The lowest BCUT2D eigenvalue weighted by molar-refractivity contribution is 0.0697. The minimum atomic E-state index is -0.261. The number of hydrogen-bond donors (Lipinski definition) is 2. The molecule has 154 valence electrons. The minimum absolute atomic E-state index is 0.0624. The number of carbonyl (C=O) groups is 2. The van der Waals surface area contributed by atoms with Crippen LogP contribution in [0.1, 0.15) is 35.7 Å². The molecule has 1 aliphatic heterocycles. The Bertz CT molecular complexity index is 810. The van der Waals surface area contributed by atoms with Crippen LogP contribution in [0.25, 0.3) is 0 Å². The molecule has 1 saturated heterocycles. The third kappa shape index (κ3) is 5.98. The first kappa shape index (κ1) is 20.7. The Balaban J connectivity index is 1.43. The van der Waals surface area contributed by atoms with Crippen LogP contribution >= 0.6 is 0 Å². The first-order chi connectivity index (χ1) is 14.0. The summed E-state index contributed by atoms with van der Waals surface area (Å²) in [6.07, 6.45) is 2.85. The second kappa shape index (κ2) is 9.96. The van der Waals surface area contributed by atoms with Crippen molar-refractivity contribution < 1.29 is 14.3 Å². The zero-order valence-corrected chi connectivity index (χ0v) is 17.1. The van der Waals surface area contributed by atoms with Gasteiger partial charge in [0.1, 0.15) is 5.75 Å². The van der Waals surface area contributed by atoms with E-state index >= 15 is 0 Å². The number of urea groups is 1. The van der Waals surface area contributed by atoms with E-state index in [4.69, 9.17) is 4.74 Å². The zero-order valence-electron chi connectivity index (χ0n) is 17.1. The van der Waals surface area contributed by atoms with Crippen molar-refractivity contribution in [3.05, 3.63) is 59.7 Å². The van der Waals surface area contributed by atoms with Crippen molar-refractivity contribution >= 4 is 17.6 Å². The van der Waals surface area contributed by atoms with Crippen LogP contribution in [0.15, 0.2) is 48.5 Å². The lowest BCUT2D eigenvalue weighted by Gasteiger charge is -2.30. The number of benzene rings is 2. The minimum Gasteiger partial charge on any atom is -0.497 e. The Morgan fingerprint density at radius 1 is 1.03 bits per heavy atom. The molecule has 1 heterocycles. The van der Waals surface area contributed by atoms with Crippen LogP contribution in [0.3, 0.4) is 0 Å². The predicted octanol–water partition coefficient (Wildman–Crippen LogP) is 3.93. The third-order valence-corrected chi connectivity index (χ3v) is 5.32. The molecule has 0 aliphatic carbocycles. The second-order valence-electron chi connectivity index (χ2n) is 7.53. The van der Waals surface area contributed by atoms with E-state index in [1.54, 1.807) is 31.4 Å². The summed E-state index contributed by atoms with van der Waals surface area (Å²) in [5.74, 6) is 1.57. The van der Waals surface area contributed by atoms with Gasteiger partial charge in [0.2, 0.25) is 0 Å². The smallest absolute Gasteiger partial charge is 0.319 e. The first-order valence-corrected chi connectivity index (χ1v) is 10.1. The maximum absolute atomic E-state index is 12.6. The first-order valence-electron chi connectivity index (χ1n) is 10.1. The normalized spacial score (nSPS) is 14.3. The molecule has 0 radical (unpaired) electrons. The number of anilines is 1. The molecule has 1 fully saturated rings. The number of nitrogens with zero attached hydrogens (tertiary/aromatic N) is 1. The molecule has 29 heavy (non-hydrogen) atoms. The molecule has 1 aliphatic rings. The van der Waals surface area contributed by atoms with Crippen molar-refractivity contribution in [2.24, 2.45) is 5.92 Å². The highest BCUT2D eigenvalue weighted by Crippen LogP contribution is 2.19. The van der Waals surface area contributed by atoms with Gasteiger partial charge in [-0.25, -0.2) is 4.79 Å². The Hall–Kier alpha value is -3.02. The molecule has 6 nitrogen and oxygen atoms in total. The Labute approximate surface area is 172 Å². The van der Waals surface area contributed by atoms with E-state index < -0.39 is 0 Å². The topological polar surface area (TPSA) is 70.7 Å². The number of piperidine rings is 1. The van der Waals surface area contributed by atoms with Crippen molar-refractivity contribution in [3.63, 3.8) is 0 Å². The van der Waals surface area contributed by atoms with E-state index in [-0.39, 0.29) is 11.9 Å². The molecule has 0 spiro atoms. The van der Waals surface area contributed by atoms with Gasteiger partial charge in [0.15, 0.2) is 0 Å². The van der Waals surface area contributed by atoms with E-state index in [0.29, 0.717) is 23.7 Å². The molecule has 6 heteroatoms. The van der Waals surface area contributed by atoms with Crippen molar-refractivity contribution in [2.45, 2.75) is 26.2 Å². The second-order valence-corrected chi connectivity index (χ2v) is 7.53. The van der Waals surface area contributed by atoms with E-state index in [9.17, 15) is 9.59 Å². The average Bonchev–Trinajstić information content (AvgIpc) is 2.75. The molecular weight excluding hydrogens is 366 g/mol. The van der Waals surface area contributed by atoms with Gasteiger partial charge in [-0.1, -0.05) is 19.1 Å². The number of ether oxygens (including phenoxy) is 1. The number of nitrogens with one attached hydrogen (secondary N) is 2.